The van der Waals surface area contributed by atoms with Crippen molar-refractivity contribution in [1.82, 2.24) is 9.97 Å². The molecule has 0 unspecified atom stereocenters. The van der Waals surface area contributed by atoms with Gasteiger partial charge in [0.25, 0.3) is 0 Å². The van der Waals surface area contributed by atoms with E-state index in [2.05, 4.69) is 4.98 Å². The van der Waals surface area contributed by atoms with Crippen LogP contribution in [0.15, 0.2) is 54.6 Å². The highest BCUT2D eigenvalue weighted by Crippen LogP contribution is 2.34. The molecule has 0 bridgehead atoms. The smallest absolute Gasteiger partial charge is 0.249 e. The number of carbonyl (C=O) groups excluding carboxylic acids is 1. The molecule has 0 fully saturated rings. The van der Waals surface area contributed by atoms with E-state index in [4.69, 9.17) is 15.5 Å². The van der Waals surface area contributed by atoms with Crippen molar-refractivity contribution < 1.29 is 13.9 Å². The van der Waals surface area contributed by atoms with Crippen LogP contribution in [0.3, 0.4) is 0 Å². The van der Waals surface area contributed by atoms with Gasteiger partial charge in [0.15, 0.2) is 0 Å². The lowest BCUT2D eigenvalue weighted by Gasteiger charge is -2.13. The zero-order valence-electron chi connectivity index (χ0n) is 15.4. The van der Waals surface area contributed by atoms with Gasteiger partial charge in [0.2, 0.25) is 5.91 Å². The fourth-order valence-corrected chi connectivity index (χ4v) is 3.35. The first-order valence-electron chi connectivity index (χ1n) is 8.71. The molecule has 3 N–H and O–H groups in total. The molecule has 4 rings (SSSR count). The number of ether oxygens (including phenoxy) is 1. The highest BCUT2D eigenvalue weighted by atomic mass is 19.1. The van der Waals surface area contributed by atoms with Crippen molar-refractivity contribution in [3.05, 3.63) is 71.5 Å². The topological polar surface area (TPSA) is 81.0 Å². The molecule has 1 amide bonds. The third-order valence-electron chi connectivity index (χ3n) is 4.76. The van der Waals surface area contributed by atoms with E-state index in [1.807, 2.05) is 30.3 Å². The molecule has 0 spiro atoms. The van der Waals surface area contributed by atoms with E-state index in [1.165, 1.54) is 25.3 Å². The Morgan fingerprint density at radius 2 is 1.93 bits per heavy atom. The summed E-state index contributed by atoms with van der Waals surface area (Å²) in [4.78, 5) is 20.1. The van der Waals surface area contributed by atoms with E-state index in [1.54, 1.807) is 13.0 Å². The highest BCUT2D eigenvalue weighted by Gasteiger charge is 2.19. The number of hydrogen-bond acceptors (Lipinski definition) is 3. The van der Waals surface area contributed by atoms with Crippen molar-refractivity contribution in [3.8, 4) is 28.4 Å². The molecular formula is C22H18FN3O2. The molecule has 0 saturated heterocycles. The molecule has 0 aliphatic rings. The Balaban J connectivity index is 1.99. The monoisotopic (exact) mass is 375 g/mol. The van der Waals surface area contributed by atoms with Crippen LogP contribution in [0.25, 0.3) is 33.5 Å². The van der Waals surface area contributed by atoms with Gasteiger partial charge in [0.1, 0.15) is 11.6 Å². The zero-order valence-corrected chi connectivity index (χ0v) is 15.4. The molecule has 2 heterocycles. The number of amides is 1. The molecule has 5 nitrogen and oxygen atoms in total. The Labute approximate surface area is 161 Å². The second-order valence-corrected chi connectivity index (χ2v) is 6.51. The van der Waals surface area contributed by atoms with Gasteiger partial charge in [-0.2, -0.15) is 0 Å². The molecule has 2 aromatic carbocycles. The molecule has 0 aliphatic heterocycles. The molecule has 140 valence electrons. The fourth-order valence-electron chi connectivity index (χ4n) is 3.35. The Kier molecular flexibility index (Phi) is 4.31. The lowest BCUT2D eigenvalue weighted by atomic mass is 10.0. The van der Waals surface area contributed by atoms with Crippen molar-refractivity contribution in [1.29, 1.82) is 0 Å². The maximum atomic E-state index is 13.9. The van der Waals surface area contributed by atoms with Gasteiger partial charge in [-0.3, -0.25) is 4.79 Å². The number of methoxy groups -OCH3 is 1. The summed E-state index contributed by atoms with van der Waals surface area (Å²) in [6.45, 7) is 1.79. The molecular weight excluding hydrogens is 357 g/mol. The Morgan fingerprint density at radius 3 is 2.64 bits per heavy atom. The number of para-hydroxylation sites is 1. The second-order valence-electron chi connectivity index (χ2n) is 6.51. The maximum absolute atomic E-state index is 13.9. The molecule has 0 aliphatic carbocycles. The quantitative estimate of drug-likeness (QED) is 0.553. The van der Waals surface area contributed by atoms with Crippen LogP contribution in [0.1, 0.15) is 15.9 Å². The summed E-state index contributed by atoms with van der Waals surface area (Å²) in [6, 6.07) is 15.5. The minimum Gasteiger partial charge on any atom is -0.496 e. The number of H-pyrrole nitrogens is 1. The van der Waals surface area contributed by atoms with Crippen LogP contribution in [0.4, 0.5) is 4.39 Å². The largest absolute Gasteiger partial charge is 0.496 e. The predicted molar refractivity (Wildman–Crippen MR) is 107 cm³/mol. The first-order chi connectivity index (χ1) is 13.5. The van der Waals surface area contributed by atoms with Crippen molar-refractivity contribution in [2.75, 3.05) is 7.11 Å². The van der Waals surface area contributed by atoms with Gasteiger partial charge in [0, 0.05) is 22.0 Å². The Hall–Kier alpha value is -3.67. The molecule has 2 aromatic heterocycles. The summed E-state index contributed by atoms with van der Waals surface area (Å²) in [7, 11) is 1.50. The number of nitrogens with one attached hydrogen (secondary N) is 1. The zero-order chi connectivity index (χ0) is 19.8. The summed E-state index contributed by atoms with van der Waals surface area (Å²) in [5, 5.41) is 1.02. The van der Waals surface area contributed by atoms with Crippen molar-refractivity contribution in [3.63, 3.8) is 0 Å². The number of halogens is 1. The first-order valence-corrected chi connectivity index (χ1v) is 8.71. The van der Waals surface area contributed by atoms with Crippen LogP contribution in [-0.2, 0) is 0 Å². The van der Waals surface area contributed by atoms with Gasteiger partial charge < -0.3 is 15.5 Å². The van der Waals surface area contributed by atoms with Crippen LogP contribution in [0.2, 0.25) is 0 Å². The minimum atomic E-state index is -0.575. The number of nitrogens with two attached hydrogens (primary N) is 1. The van der Waals surface area contributed by atoms with Gasteiger partial charge in [-0.15, -0.1) is 0 Å². The number of nitrogens with zero attached hydrogens (tertiary/aromatic N) is 1. The number of benzene rings is 2. The molecule has 28 heavy (non-hydrogen) atoms. The summed E-state index contributed by atoms with van der Waals surface area (Å²) < 4.78 is 19.2. The van der Waals surface area contributed by atoms with Crippen molar-refractivity contribution in [2.24, 2.45) is 5.73 Å². The van der Waals surface area contributed by atoms with Gasteiger partial charge in [0.05, 0.1) is 24.2 Å². The number of rotatable bonds is 4. The standard InChI is InChI=1S/C22H18FN3O2/c1-12-15(22(24)27)11-18(16-10-14(23)7-8-20(16)28-2)26-21(12)19-9-13-5-3-4-6-17(13)25-19/h3-11,25H,1-2H3,(H2,24,27). The van der Waals surface area contributed by atoms with Gasteiger partial charge >= 0.3 is 0 Å². The molecule has 0 saturated carbocycles. The second kappa shape index (κ2) is 6.81. The van der Waals surface area contributed by atoms with Crippen LogP contribution in [0, 0.1) is 12.7 Å². The maximum Gasteiger partial charge on any atom is 0.249 e. The summed E-state index contributed by atoms with van der Waals surface area (Å²) in [6.07, 6.45) is 0. The minimum absolute atomic E-state index is 0.324. The number of aromatic amines is 1. The van der Waals surface area contributed by atoms with E-state index in [9.17, 15) is 9.18 Å². The normalized spacial score (nSPS) is 11.0. The first kappa shape index (κ1) is 17.7. The van der Waals surface area contributed by atoms with E-state index >= 15 is 0 Å². The third-order valence-corrected chi connectivity index (χ3v) is 4.76. The number of pyridine rings is 1. The predicted octanol–water partition coefficient (Wildman–Crippen LogP) is 4.45. The lowest BCUT2D eigenvalue weighted by Crippen LogP contribution is -2.14. The molecule has 0 radical (unpaired) electrons. The summed E-state index contributed by atoms with van der Waals surface area (Å²) in [5.74, 6) is -0.546. The van der Waals surface area contributed by atoms with E-state index < -0.39 is 11.7 Å². The summed E-state index contributed by atoms with van der Waals surface area (Å²) >= 11 is 0. The number of primary amides is 1. The van der Waals surface area contributed by atoms with Gasteiger partial charge in [-0.25, -0.2) is 9.37 Å². The van der Waals surface area contributed by atoms with Crippen LogP contribution < -0.4 is 10.5 Å². The fraction of sp³-hybridized carbons (Fsp3) is 0.0909. The van der Waals surface area contributed by atoms with Crippen LogP contribution >= 0.6 is 0 Å². The average Bonchev–Trinajstić information content (AvgIpc) is 3.12. The number of carbonyl (C=O) groups is 1. The van der Waals surface area contributed by atoms with E-state index in [-0.39, 0.29) is 0 Å². The Morgan fingerprint density at radius 1 is 1.14 bits per heavy atom. The van der Waals surface area contributed by atoms with Crippen LogP contribution in [0.5, 0.6) is 5.75 Å². The van der Waals surface area contributed by atoms with Crippen LogP contribution in [-0.4, -0.2) is 23.0 Å². The van der Waals surface area contributed by atoms with Crippen molar-refractivity contribution >= 4 is 16.8 Å². The number of fused-ring (bicyclic) bond motifs is 1. The van der Waals surface area contributed by atoms with Gasteiger partial charge in [-0.05, 0) is 48.9 Å². The SMILES string of the molecule is COc1ccc(F)cc1-c1cc(C(N)=O)c(C)c(-c2cc3ccccc3[nH]2)n1. The Bertz CT molecular complexity index is 1180. The van der Waals surface area contributed by atoms with Gasteiger partial charge in [-0.1, -0.05) is 18.2 Å². The molecule has 0 atom stereocenters. The lowest BCUT2D eigenvalue weighted by molar-refractivity contribution is 0.0999. The van der Waals surface area contributed by atoms with E-state index in [0.717, 1.165) is 16.6 Å². The third kappa shape index (κ3) is 2.99. The average molecular weight is 375 g/mol. The number of aromatic nitrogens is 2. The summed E-state index contributed by atoms with van der Waals surface area (Å²) in [5.41, 5.74) is 9.71. The molecule has 6 heteroatoms. The number of hydrogen-bond donors (Lipinski definition) is 2. The molecule has 4 aromatic rings. The highest BCUT2D eigenvalue weighted by molar-refractivity contribution is 5.98. The van der Waals surface area contributed by atoms with E-state index in [0.29, 0.717) is 33.8 Å². The van der Waals surface area contributed by atoms with Crippen molar-refractivity contribution in [2.45, 2.75) is 6.92 Å².